The van der Waals surface area contributed by atoms with E-state index in [4.69, 9.17) is 5.10 Å². The first kappa shape index (κ1) is 20.8. The molecule has 0 spiro atoms. The predicted octanol–water partition coefficient (Wildman–Crippen LogP) is 6.04. The smallest absolute Gasteiger partial charge is 0.141 e. The van der Waals surface area contributed by atoms with Crippen molar-refractivity contribution in [3.63, 3.8) is 0 Å². The van der Waals surface area contributed by atoms with Crippen LogP contribution in [0.2, 0.25) is 0 Å². The molecule has 0 saturated heterocycles. The van der Waals surface area contributed by atoms with Crippen molar-refractivity contribution in [3.8, 4) is 0 Å². The standard InChI is InChI=1S/C24H18Br2N6/c25-20-7-3-18(4-8-20)23-13-24(19-5-9-21(26)10-6-19)32(30-23)22-11-1-17(2-12-22)14-29-31-15-27-28-16-31/h1-12,14-16,24H,13H2/b29-14-/t24-/m1/s1. The molecule has 4 aromatic rings. The van der Waals surface area contributed by atoms with Crippen molar-refractivity contribution in [1.82, 2.24) is 14.9 Å². The Morgan fingerprint density at radius 3 is 2.09 bits per heavy atom. The average Bonchev–Trinajstić information content (AvgIpc) is 3.50. The molecule has 2 heterocycles. The molecule has 0 amide bonds. The Hall–Kier alpha value is -3.10. The molecule has 1 atom stereocenters. The zero-order valence-corrected chi connectivity index (χ0v) is 20.1. The van der Waals surface area contributed by atoms with Crippen LogP contribution >= 0.6 is 31.9 Å². The second-order valence-corrected chi connectivity index (χ2v) is 9.18. The third kappa shape index (κ3) is 4.56. The van der Waals surface area contributed by atoms with Crippen molar-refractivity contribution < 1.29 is 0 Å². The molecule has 6 nitrogen and oxygen atoms in total. The monoisotopic (exact) mass is 548 g/mol. The summed E-state index contributed by atoms with van der Waals surface area (Å²) in [6.07, 6.45) is 5.71. The molecule has 0 bridgehead atoms. The van der Waals surface area contributed by atoms with Gasteiger partial charge in [-0.15, -0.1) is 10.2 Å². The Morgan fingerprint density at radius 2 is 1.44 bits per heavy atom. The normalized spacial score (nSPS) is 16.0. The van der Waals surface area contributed by atoms with Crippen LogP contribution in [-0.4, -0.2) is 26.8 Å². The molecular weight excluding hydrogens is 532 g/mol. The van der Waals surface area contributed by atoms with Gasteiger partial charge < -0.3 is 0 Å². The van der Waals surface area contributed by atoms with Crippen molar-refractivity contribution in [2.24, 2.45) is 10.2 Å². The lowest BCUT2D eigenvalue weighted by molar-refractivity contribution is 0.709. The second-order valence-electron chi connectivity index (χ2n) is 7.35. The number of anilines is 1. The Bertz CT molecular complexity index is 1250. The Labute approximate surface area is 202 Å². The molecule has 0 fully saturated rings. The number of rotatable bonds is 5. The van der Waals surface area contributed by atoms with E-state index < -0.39 is 0 Å². The summed E-state index contributed by atoms with van der Waals surface area (Å²) in [6, 6.07) is 25.1. The Morgan fingerprint density at radius 1 is 0.812 bits per heavy atom. The van der Waals surface area contributed by atoms with Crippen LogP contribution in [0, 0.1) is 0 Å². The van der Waals surface area contributed by atoms with Gasteiger partial charge in [0.25, 0.3) is 0 Å². The van der Waals surface area contributed by atoms with Crippen molar-refractivity contribution in [2.45, 2.75) is 12.5 Å². The fraction of sp³-hybridized carbons (Fsp3) is 0.0833. The van der Waals surface area contributed by atoms with Crippen LogP contribution in [0.15, 0.2) is 105 Å². The predicted molar refractivity (Wildman–Crippen MR) is 134 cm³/mol. The van der Waals surface area contributed by atoms with Crippen molar-refractivity contribution in [1.29, 1.82) is 0 Å². The fourth-order valence-corrected chi connectivity index (χ4v) is 4.14. The number of aromatic nitrogens is 3. The average molecular weight is 550 g/mol. The molecule has 0 N–H and O–H groups in total. The molecular formula is C24H18Br2N6. The molecule has 0 unspecified atom stereocenters. The highest BCUT2D eigenvalue weighted by Gasteiger charge is 2.29. The lowest BCUT2D eigenvalue weighted by atomic mass is 9.98. The van der Waals surface area contributed by atoms with Gasteiger partial charge in [-0.1, -0.05) is 68.3 Å². The van der Waals surface area contributed by atoms with E-state index >= 15 is 0 Å². The SMILES string of the molecule is Brc1ccc(C2=NN(c3ccc(/C=N\n4cnnc4)cc3)[C@@H](c3ccc(Br)cc3)C2)cc1. The molecule has 5 rings (SSSR count). The lowest BCUT2D eigenvalue weighted by Gasteiger charge is -2.24. The van der Waals surface area contributed by atoms with Gasteiger partial charge in [0.15, 0.2) is 0 Å². The summed E-state index contributed by atoms with van der Waals surface area (Å²) < 4.78 is 3.69. The lowest BCUT2D eigenvalue weighted by Crippen LogP contribution is -2.18. The quantitative estimate of drug-likeness (QED) is 0.285. The molecule has 1 aromatic heterocycles. The minimum absolute atomic E-state index is 0.123. The Kier molecular flexibility index (Phi) is 5.96. The first-order valence-electron chi connectivity index (χ1n) is 10.0. The van der Waals surface area contributed by atoms with Crippen LogP contribution in [0.3, 0.4) is 0 Å². The van der Waals surface area contributed by atoms with Gasteiger partial charge in [0.2, 0.25) is 0 Å². The van der Waals surface area contributed by atoms with E-state index in [1.807, 2.05) is 12.1 Å². The minimum atomic E-state index is 0.123. The van der Waals surface area contributed by atoms with Gasteiger partial charge in [-0.2, -0.15) is 10.2 Å². The van der Waals surface area contributed by atoms with Crippen LogP contribution < -0.4 is 5.01 Å². The van der Waals surface area contributed by atoms with Crippen LogP contribution in [0.5, 0.6) is 0 Å². The highest BCUT2D eigenvalue weighted by Crippen LogP contribution is 2.37. The minimum Gasteiger partial charge on any atom is -0.257 e. The molecule has 0 saturated carbocycles. The second kappa shape index (κ2) is 9.18. The summed E-state index contributed by atoms with van der Waals surface area (Å²) in [6.45, 7) is 0. The maximum atomic E-state index is 5.02. The van der Waals surface area contributed by atoms with E-state index in [9.17, 15) is 0 Å². The van der Waals surface area contributed by atoms with Crippen LogP contribution in [0.25, 0.3) is 0 Å². The summed E-state index contributed by atoms with van der Waals surface area (Å²) in [4.78, 5) is 0. The van der Waals surface area contributed by atoms with Crippen LogP contribution in [0.1, 0.15) is 29.2 Å². The third-order valence-corrected chi connectivity index (χ3v) is 6.30. The summed E-state index contributed by atoms with van der Waals surface area (Å²) in [5.74, 6) is 0. The number of hydrazone groups is 1. The first-order valence-corrected chi connectivity index (χ1v) is 11.6. The van der Waals surface area contributed by atoms with E-state index in [1.165, 1.54) is 5.56 Å². The highest BCUT2D eigenvalue weighted by atomic mass is 79.9. The summed E-state index contributed by atoms with van der Waals surface area (Å²) in [5, 5.41) is 19.0. The summed E-state index contributed by atoms with van der Waals surface area (Å²) >= 11 is 7.05. The van der Waals surface area contributed by atoms with Crippen LogP contribution in [-0.2, 0) is 0 Å². The van der Waals surface area contributed by atoms with E-state index in [0.717, 1.165) is 37.9 Å². The topological polar surface area (TPSA) is 58.7 Å². The van der Waals surface area contributed by atoms with Crippen molar-refractivity contribution in [2.75, 3.05) is 5.01 Å². The largest absolute Gasteiger partial charge is 0.257 e. The van der Waals surface area contributed by atoms with Crippen LogP contribution in [0.4, 0.5) is 5.69 Å². The zero-order chi connectivity index (χ0) is 21.9. The van der Waals surface area contributed by atoms with Crippen molar-refractivity contribution >= 4 is 49.5 Å². The summed E-state index contributed by atoms with van der Waals surface area (Å²) in [5.41, 5.74) is 5.45. The maximum absolute atomic E-state index is 5.02. The van der Waals surface area contributed by atoms with Gasteiger partial charge in [-0.05, 0) is 53.1 Å². The first-order chi connectivity index (χ1) is 15.7. The highest BCUT2D eigenvalue weighted by molar-refractivity contribution is 9.10. The number of hydrogen-bond acceptors (Lipinski definition) is 5. The maximum Gasteiger partial charge on any atom is 0.141 e. The number of benzene rings is 3. The molecule has 0 aliphatic carbocycles. The molecule has 158 valence electrons. The van der Waals surface area contributed by atoms with E-state index in [2.05, 4.69) is 113 Å². The van der Waals surface area contributed by atoms with Gasteiger partial charge in [-0.3, -0.25) is 5.01 Å². The van der Waals surface area contributed by atoms with Gasteiger partial charge in [-0.25, -0.2) is 4.68 Å². The van der Waals surface area contributed by atoms with Gasteiger partial charge in [0.1, 0.15) is 12.7 Å². The molecule has 1 aliphatic heterocycles. The van der Waals surface area contributed by atoms with Crippen molar-refractivity contribution in [3.05, 3.63) is 111 Å². The number of halogens is 2. The number of nitrogens with zero attached hydrogens (tertiary/aromatic N) is 6. The molecule has 3 aromatic carbocycles. The fourth-order valence-electron chi connectivity index (χ4n) is 3.61. The van der Waals surface area contributed by atoms with Gasteiger partial charge in [0.05, 0.1) is 23.7 Å². The summed E-state index contributed by atoms with van der Waals surface area (Å²) in [7, 11) is 0. The van der Waals surface area contributed by atoms with E-state index in [0.29, 0.717) is 0 Å². The molecule has 32 heavy (non-hydrogen) atoms. The van der Waals surface area contributed by atoms with E-state index in [1.54, 1.807) is 23.5 Å². The molecule has 1 aliphatic rings. The zero-order valence-electron chi connectivity index (χ0n) is 16.9. The van der Waals surface area contributed by atoms with Gasteiger partial charge >= 0.3 is 0 Å². The molecule has 0 radical (unpaired) electrons. The molecule has 8 heteroatoms. The third-order valence-electron chi connectivity index (χ3n) is 5.25. The van der Waals surface area contributed by atoms with E-state index in [-0.39, 0.29) is 6.04 Å². The Balaban J connectivity index is 1.46. The number of hydrogen-bond donors (Lipinski definition) is 0. The van der Waals surface area contributed by atoms with Gasteiger partial charge in [0, 0.05) is 15.4 Å².